The van der Waals surface area contributed by atoms with Crippen LogP contribution in [0.4, 0.5) is 0 Å². The summed E-state index contributed by atoms with van der Waals surface area (Å²) in [5, 5.41) is 0. The van der Waals surface area contributed by atoms with E-state index in [1.807, 2.05) is 0 Å². The number of nitrogens with zero attached hydrogens (tertiary/aromatic N) is 1. The van der Waals surface area contributed by atoms with Crippen LogP contribution in [-0.2, 0) is 9.47 Å². The molecule has 1 fully saturated rings. The molecule has 102 valence electrons. The van der Waals surface area contributed by atoms with Crippen LogP contribution in [0.25, 0.3) is 0 Å². The fourth-order valence-electron chi connectivity index (χ4n) is 2.32. The average Bonchev–Trinajstić information content (AvgIpc) is 2.58. The van der Waals surface area contributed by atoms with Crippen molar-refractivity contribution in [2.24, 2.45) is 0 Å². The lowest BCUT2D eigenvalue weighted by molar-refractivity contribution is 0.0634. The highest BCUT2D eigenvalue weighted by Gasteiger charge is 2.19. The third-order valence-electron chi connectivity index (χ3n) is 3.34. The minimum Gasteiger partial charge on any atom is -0.382 e. The van der Waals surface area contributed by atoms with Gasteiger partial charge < -0.3 is 9.47 Å². The molecular weight excluding hydrogens is 238 g/mol. The van der Waals surface area contributed by atoms with Crippen LogP contribution < -0.4 is 0 Å². The maximum atomic E-state index is 6.04. The number of hydrogen-bond donors (Lipinski definition) is 0. The normalized spacial score (nSPS) is 22.6. The Hall–Kier alpha value is 0.170. The van der Waals surface area contributed by atoms with Gasteiger partial charge in [0.15, 0.2) is 0 Å². The van der Waals surface area contributed by atoms with Gasteiger partial charge in [-0.05, 0) is 25.8 Å². The lowest BCUT2D eigenvalue weighted by Gasteiger charge is -2.28. The molecule has 0 aromatic carbocycles. The van der Waals surface area contributed by atoms with Crippen molar-refractivity contribution in [1.82, 2.24) is 4.90 Å². The van der Waals surface area contributed by atoms with Crippen molar-refractivity contribution >= 4 is 11.6 Å². The van der Waals surface area contributed by atoms with Crippen molar-refractivity contribution in [2.45, 2.75) is 38.1 Å². The molecule has 0 saturated carbocycles. The first-order valence-electron chi connectivity index (χ1n) is 6.75. The van der Waals surface area contributed by atoms with Gasteiger partial charge in [0.2, 0.25) is 0 Å². The Balaban J connectivity index is 2.10. The van der Waals surface area contributed by atoms with E-state index >= 15 is 0 Å². The van der Waals surface area contributed by atoms with E-state index in [2.05, 4.69) is 4.90 Å². The zero-order valence-corrected chi connectivity index (χ0v) is 11.8. The minimum absolute atomic E-state index is 0.582. The Kier molecular flexibility index (Phi) is 9.07. The van der Waals surface area contributed by atoms with Gasteiger partial charge in [-0.2, -0.15) is 0 Å². The van der Waals surface area contributed by atoms with E-state index < -0.39 is 0 Å². The number of rotatable bonds is 8. The van der Waals surface area contributed by atoms with E-state index in [0.717, 1.165) is 25.5 Å². The number of alkyl halides is 1. The molecule has 0 aromatic rings. The van der Waals surface area contributed by atoms with E-state index in [9.17, 15) is 0 Å². The Labute approximate surface area is 110 Å². The standard InChI is InChI=1S/C13H26ClNO2/c1-16-10-11-17-9-5-8-15-7-4-2-3-6-13(15)12-14/h13H,2-12H2,1H3. The molecule has 4 heteroatoms. The molecule has 0 amide bonds. The molecule has 1 rings (SSSR count). The lowest BCUT2D eigenvalue weighted by Crippen LogP contribution is -2.37. The van der Waals surface area contributed by atoms with Crippen LogP contribution in [0, 0.1) is 0 Å². The Morgan fingerprint density at radius 2 is 2.06 bits per heavy atom. The molecule has 1 aliphatic heterocycles. The Morgan fingerprint density at radius 3 is 2.82 bits per heavy atom. The molecule has 1 unspecified atom stereocenters. The summed E-state index contributed by atoms with van der Waals surface area (Å²) in [6.45, 7) is 4.54. The number of likely N-dealkylation sites (tertiary alicyclic amines) is 1. The van der Waals surface area contributed by atoms with Crippen LogP contribution in [0.15, 0.2) is 0 Å². The van der Waals surface area contributed by atoms with Gasteiger partial charge in [-0.25, -0.2) is 0 Å². The summed E-state index contributed by atoms with van der Waals surface area (Å²) in [5.41, 5.74) is 0. The predicted octanol–water partition coefficient (Wildman–Crippen LogP) is 2.52. The molecule has 1 heterocycles. The quantitative estimate of drug-likeness (QED) is 0.496. The molecule has 1 atom stereocenters. The molecule has 0 N–H and O–H groups in total. The van der Waals surface area contributed by atoms with Crippen LogP contribution in [0.2, 0.25) is 0 Å². The zero-order valence-electron chi connectivity index (χ0n) is 11.0. The molecule has 0 aromatic heterocycles. The van der Waals surface area contributed by atoms with Crippen molar-refractivity contribution < 1.29 is 9.47 Å². The van der Waals surface area contributed by atoms with E-state index in [1.165, 1.54) is 32.2 Å². The molecule has 3 nitrogen and oxygen atoms in total. The van der Waals surface area contributed by atoms with Crippen molar-refractivity contribution in [3.8, 4) is 0 Å². The monoisotopic (exact) mass is 263 g/mol. The Morgan fingerprint density at radius 1 is 1.18 bits per heavy atom. The van der Waals surface area contributed by atoms with Crippen LogP contribution in [-0.4, -0.2) is 56.8 Å². The average molecular weight is 264 g/mol. The summed E-state index contributed by atoms with van der Waals surface area (Å²) in [4.78, 5) is 2.54. The lowest BCUT2D eigenvalue weighted by atomic mass is 10.1. The van der Waals surface area contributed by atoms with Gasteiger partial charge in [0.1, 0.15) is 0 Å². The molecule has 1 aliphatic rings. The molecule has 0 spiro atoms. The number of halogens is 1. The second-order valence-corrected chi connectivity index (χ2v) is 4.96. The third-order valence-corrected chi connectivity index (χ3v) is 3.70. The van der Waals surface area contributed by atoms with Gasteiger partial charge in [0, 0.05) is 32.2 Å². The fraction of sp³-hybridized carbons (Fsp3) is 1.00. The highest BCUT2D eigenvalue weighted by Crippen LogP contribution is 2.17. The van der Waals surface area contributed by atoms with Crippen LogP contribution in [0.5, 0.6) is 0 Å². The number of hydrogen-bond acceptors (Lipinski definition) is 3. The maximum absolute atomic E-state index is 6.04. The minimum atomic E-state index is 0.582. The van der Waals surface area contributed by atoms with E-state index in [4.69, 9.17) is 21.1 Å². The second kappa shape index (κ2) is 10.1. The first kappa shape index (κ1) is 15.2. The SMILES string of the molecule is COCCOCCCN1CCCCCC1CCl. The summed E-state index contributed by atoms with van der Waals surface area (Å²) >= 11 is 6.04. The van der Waals surface area contributed by atoms with Gasteiger partial charge in [0.05, 0.1) is 13.2 Å². The molecule has 0 aliphatic carbocycles. The summed E-state index contributed by atoms with van der Waals surface area (Å²) in [6, 6.07) is 0.582. The van der Waals surface area contributed by atoms with Crippen molar-refractivity contribution in [2.75, 3.05) is 45.9 Å². The molecular formula is C13H26ClNO2. The first-order valence-corrected chi connectivity index (χ1v) is 7.28. The Bertz CT molecular complexity index is 181. The van der Waals surface area contributed by atoms with Crippen molar-refractivity contribution in [3.05, 3.63) is 0 Å². The second-order valence-electron chi connectivity index (χ2n) is 4.65. The van der Waals surface area contributed by atoms with Crippen LogP contribution >= 0.6 is 11.6 Å². The summed E-state index contributed by atoms with van der Waals surface area (Å²) < 4.78 is 10.4. The van der Waals surface area contributed by atoms with Crippen molar-refractivity contribution in [3.63, 3.8) is 0 Å². The highest BCUT2D eigenvalue weighted by atomic mass is 35.5. The summed E-state index contributed by atoms with van der Waals surface area (Å²) in [6.07, 6.45) is 6.36. The summed E-state index contributed by atoms with van der Waals surface area (Å²) in [7, 11) is 1.70. The maximum Gasteiger partial charge on any atom is 0.0700 e. The van der Waals surface area contributed by atoms with E-state index in [-0.39, 0.29) is 0 Å². The molecule has 0 bridgehead atoms. The molecule has 17 heavy (non-hydrogen) atoms. The topological polar surface area (TPSA) is 21.7 Å². The van der Waals surface area contributed by atoms with Gasteiger partial charge in [-0.15, -0.1) is 11.6 Å². The van der Waals surface area contributed by atoms with Gasteiger partial charge in [-0.1, -0.05) is 12.8 Å². The van der Waals surface area contributed by atoms with Gasteiger partial charge in [0.25, 0.3) is 0 Å². The largest absolute Gasteiger partial charge is 0.382 e. The van der Waals surface area contributed by atoms with Gasteiger partial charge >= 0.3 is 0 Å². The first-order chi connectivity index (χ1) is 8.38. The van der Waals surface area contributed by atoms with Crippen LogP contribution in [0.3, 0.4) is 0 Å². The highest BCUT2D eigenvalue weighted by molar-refractivity contribution is 6.18. The fourth-order valence-corrected chi connectivity index (χ4v) is 2.67. The van der Waals surface area contributed by atoms with E-state index in [1.54, 1.807) is 7.11 Å². The van der Waals surface area contributed by atoms with Gasteiger partial charge in [-0.3, -0.25) is 4.90 Å². The smallest absolute Gasteiger partial charge is 0.0700 e. The molecule has 1 saturated heterocycles. The third kappa shape index (κ3) is 6.61. The number of ether oxygens (including phenoxy) is 2. The predicted molar refractivity (Wildman–Crippen MR) is 71.9 cm³/mol. The summed E-state index contributed by atoms with van der Waals surface area (Å²) in [5.74, 6) is 0.768. The van der Waals surface area contributed by atoms with E-state index in [0.29, 0.717) is 19.3 Å². The van der Waals surface area contributed by atoms with Crippen molar-refractivity contribution in [1.29, 1.82) is 0 Å². The van der Waals surface area contributed by atoms with Crippen LogP contribution in [0.1, 0.15) is 32.1 Å². The number of methoxy groups -OCH3 is 1. The molecule has 0 radical (unpaired) electrons. The zero-order chi connectivity index (χ0) is 12.3.